The first-order valence-electron chi connectivity index (χ1n) is 7.97. The second kappa shape index (κ2) is 7.94. The van der Waals surface area contributed by atoms with Crippen LogP contribution in [0.4, 0.5) is 13.2 Å². The Morgan fingerprint density at radius 3 is 2.25 bits per heavy atom. The first-order valence-corrected chi connectivity index (χ1v) is 10.3. The van der Waals surface area contributed by atoms with Crippen molar-refractivity contribution < 1.29 is 21.6 Å². The lowest BCUT2D eigenvalue weighted by Crippen LogP contribution is -2.26. The summed E-state index contributed by atoms with van der Waals surface area (Å²) in [5.74, 6) is 0. The van der Waals surface area contributed by atoms with Crippen LogP contribution in [0.1, 0.15) is 18.5 Å². The molecule has 0 radical (unpaired) electrons. The zero-order chi connectivity index (χ0) is 20.4. The largest absolute Gasteiger partial charge is 0.446 e. The standard InChI is InChI=1S/C17H15F3N4O2S2/c1-12(13-2-4-14(5-3-13)24-11-21-10-22-24)23-28(25,26)16-8-6-15(7-9-16)27-17(18,19)20/h2-12,23H,1H3. The fraction of sp³-hybridized carbons (Fsp3) is 0.176. The second-order valence-corrected chi connectivity index (χ2v) is 8.65. The zero-order valence-electron chi connectivity index (χ0n) is 14.5. The van der Waals surface area contributed by atoms with Crippen molar-refractivity contribution in [1.29, 1.82) is 0 Å². The van der Waals surface area contributed by atoms with Crippen molar-refractivity contribution in [3.63, 3.8) is 0 Å². The Balaban J connectivity index is 1.71. The highest BCUT2D eigenvalue weighted by atomic mass is 32.2. The zero-order valence-corrected chi connectivity index (χ0v) is 16.1. The molecule has 0 spiro atoms. The van der Waals surface area contributed by atoms with Gasteiger partial charge in [-0.15, -0.1) is 0 Å². The third-order valence-electron chi connectivity index (χ3n) is 3.78. The molecule has 3 rings (SSSR count). The molecule has 11 heteroatoms. The van der Waals surface area contributed by atoms with Crippen LogP contribution in [0.2, 0.25) is 0 Å². The Bertz CT molecular complexity index is 1020. The number of sulfonamides is 1. The predicted molar refractivity (Wildman–Crippen MR) is 98.4 cm³/mol. The molecule has 0 bridgehead atoms. The van der Waals surface area contributed by atoms with Crippen LogP contribution >= 0.6 is 11.8 Å². The number of hydrogen-bond donors (Lipinski definition) is 1. The summed E-state index contributed by atoms with van der Waals surface area (Å²) in [6.45, 7) is 1.68. The van der Waals surface area contributed by atoms with E-state index >= 15 is 0 Å². The minimum Gasteiger partial charge on any atom is -0.223 e. The number of rotatable bonds is 6. The lowest BCUT2D eigenvalue weighted by Gasteiger charge is -2.15. The summed E-state index contributed by atoms with van der Waals surface area (Å²) in [4.78, 5) is 3.67. The number of benzene rings is 2. The average Bonchev–Trinajstić information content (AvgIpc) is 3.15. The molecule has 1 atom stereocenters. The molecule has 0 fully saturated rings. The second-order valence-electron chi connectivity index (χ2n) is 5.79. The summed E-state index contributed by atoms with van der Waals surface area (Å²) in [5, 5.41) is 4.01. The molecule has 0 amide bonds. The highest BCUT2D eigenvalue weighted by Crippen LogP contribution is 2.37. The Hall–Kier alpha value is -2.37. The lowest BCUT2D eigenvalue weighted by atomic mass is 10.1. The molecule has 28 heavy (non-hydrogen) atoms. The lowest BCUT2D eigenvalue weighted by molar-refractivity contribution is -0.0328. The summed E-state index contributed by atoms with van der Waals surface area (Å²) in [6, 6.07) is 11.1. The van der Waals surface area contributed by atoms with Crippen LogP contribution in [0.25, 0.3) is 5.69 Å². The van der Waals surface area contributed by atoms with E-state index in [4.69, 9.17) is 0 Å². The van der Waals surface area contributed by atoms with Crippen molar-refractivity contribution in [2.45, 2.75) is 28.3 Å². The third kappa shape index (κ3) is 5.12. The molecule has 3 aromatic rings. The molecule has 0 saturated carbocycles. The van der Waals surface area contributed by atoms with E-state index in [1.54, 1.807) is 42.2 Å². The molecule has 6 nitrogen and oxygen atoms in total. The van der Waals surface area contributed by atoms with Crippen LogP contribution < -0.4 is 4.72 Å². The van der Waals surface area contributed by atoms with Gasteiger partial charge in [0.25, 0.3) is 0 Å². The van der Waals surface area contributed by atoms with Gasteiger partial charge in [-0.1, -0.05) is 12.1 Å². The molecule has 1 unspecified atom stereocenters. The Kier molecular flexibility index (Phi) is 5.77. The van der Waals surface area contributed by atoms with Crippen molar-refractivity contribution in [2.75, 3.05) is 0 Å². The Labute approximate surface area is 163 Å². The van der Waals surface area contributed by atoms with Gasteiger partial charge in [-0.25, -0.2) is 22.8 Å². The van der Waals surface area contributed by atoms with Crippen LogP contribution in [0, 0.1) is 0 Å². The highest BCUT2D eigenvalue weighted by Gasteiger charge is 2.29. The summed E-state index contributed by atoms with van der Waals surface area (Å²) in [5.41, 5.74) is -2.93. The summed E-state index contributed by atoms with van der Waals surface area (Å²) in [6.07, 6.45) is 2.95. The van der Waals surface area contributed by atoms with Gasteiger partial charge in [0.15, 0.2) is 0 Å². The maximum absolute atomic E-state index is 12.5. The van der Waals surface area contributed by atoms with Gasteiger partial charge in [-0.05, 0) is 60.6 Å². The molecule has 2 aromatic carbocycles. The third-order valence-corrected chi connectivity index (χ3v) is 6.07. The first kappa shape index (κ1) is 20.4. The smallest absolute Gasteiger partial charge is 0.223 e. The van der Waals surface area contributed by atoms with E-state index in [0.717, 1.165) is 35.5 Å². The van der Waals surface area contributed by atoms with Crippen LogP contribution in [0.15, 0.2) is 71.0 Å². The number of nitrogens with zero attached hydrogens (tertiary/aromatic N) is 3. The summed E-state index contributed by atoms with van der Waals surface area (Å²) >= 11 is -0.296. The molecule has 0 aliphatic rings. The van der Waals surface area contributed by atoms with Crippen molar-refractivity contribution in [2.24, 2.45) is 0 Å². The van der Waals surface area contributed by atoms with Crippen LogP contribution in [-0.2, 0) is 10.0 Å². The topological polar surface area (TPSA) is 76.9 Å². The Morgan fingerprint density at radius 1 is 1.07 bits per heavy atom. The minimum atomic E-state index is -4.43. The van der Waals surface area contributed by atoms with Gasteiger partial charge in [-0.2, -0.15) is 18.3 Å². The minimum absolute atomic E-state index is 0.0804. The number of alkyl halides is 3. The maximum Gasteiger partial charge on any atom is 0.446 e. The molecule has 1 aromatic heterocycles. The monoisotopic (exact) mass is 428 g/mol. The highest BCUT2D eigenvalue weighted by molar-refractivity contribution is 8.00. The predicted octanol–water partition coefficient (Wildman–Crippen LogP) is 3.92. The van der Waals surface area contributed by atoms with E-state index in [-0.39, 0.29) is 21.6 Å². The molecule has 0 saturated heterocycles. The fourth-order valence-electron chi connectivity index (χ4n) is 2.45. The van der Waals surface area contributed by atoms with E-state index in [1.807, 2.05) is 0 Å². The van der Waals surface area contributed by atoms with E-state index in [2.05, 4.69) is 14.8 Å². The molecule has 1 N–H and O–H groups in total. The van der Waals surface area contributed by atoms with Crippen molar-refractivity contribution in [3.8, 4) is 5.69 Å². The average molecular weight is 428 g/mol. The molecular formula is C17H15F3N4O2S2. The maximum atomic E-state index is 12.5. The van der Waals surface area contributed by atoms with Crippen molar-refractivity contribution in [3.05, 3.63) is 66.7 Å². The number of aromatic nitrogens is 3. The number of halogens is 3. The van der Waals surface area contributed by atoms with Crippen LogP contribution in [-0.4, -0.2) is 28.7 Å². The van der Waals surface area contributed by atoms with Gasteiger partial charge in [0.05, 0.1) is 10.6 Å². The van der Waals surface area contributed by atoms with Crippen LogP contribution in [0.3, 0.4) is 0 Å². The van der Waals surface area contributed by atoms with Gasteiger partial charge in [0.2, 0.25) is 10.0 Å². The molecule has 148 valence electrons. The van der Waals surface area contributed by atoms with Gasteiger partial charge in [0, 0.05) is 10.9 Å². The molecule has 0 aliphatic heterocycles. The van der Waals surface area contributed by atoms with E-state index < -0.39 is 21.6 Å². The van der Waals surface area contributed by atoms with Gasteiger partial charge >= 0.3 is 5.51 Å². The fourth-order valence-corrected chi connectivity index (χ4v) is 4.22. The van der Waals surface area contributed by atoms with E-state index in [1.165, 1.54) is 6.33 Å². The quantitative estimate of drug-likeness (QED) is 0.603. The molecule has 0 aliphatic carbocycles. The Morgan fingerprint density at radius 2 is 1.71 bits per heavy atom. The summed E-state index contributed by atoms with van der Waals surface area (Å²) < 4.78 is 66.2. The number of hydrogen-bond acceptors (Lipinski definition) is 5. The first-order chi connectivity index (χ1) is 13.1. The van der Waals surface area contributed by atoms with Gasteiger partial charge < -0.3 is 0 Å². The van der Waals surface area contributed by atoms with E-state index in [0.29, 0.717) is 0 Å². The van der Waals surface area contributed by atoms with Crippen LogP contribution in [0.5, 0.6) is 0 Å². The van der Waals surface area contributed by atoms with E-state index in [9.17, 15) is 21.6 Å². The van der Waals surface area contributed by atoms with Gasteiger partial charge in [-0.3, -0.25) is 0 Å². The normalized spacial score (nSPS) is 13.4. The van der Waals surface area contributed by atoms with Crippen molar-refractivity contribution in [1.82, 2.24) is 19.5 Å². The van der Waals surface area contributed by atoms with Crippen molar-refractivity contribution >= 4 is 21.8 Å². The molecule has 1 heterocycles. The SMILES string of the molecule is CC(NS(=O)(=O)c1ccc(SC(F)(F)F)cc1)c1ccc(-n2cncn2)cc1. The molecular weight excluding hydrogens is 413 g/mol. The number of thioether (sulfide) groups is 1. The van der Waals surface area contributed by atoms with Gasteiger partial charge in [0.1, 0.15) is 12.7 Å². The number of nitrogens with one attached hydrogen (secondary N) is 1. The summed E-state index contributed by atoms with van der Waals surface area (Å²) in [7, 11) is -3.89.